The number of hydrogen-bond donors (Lipinski definition) is 1. The molecule has 2 amide bonds. The normalized spacial score (nSPS) is 18.2. The third kappa shape index (κ3) is 5.19. The number of piperidine rings is 1. The zero-order valence-electron chi connectivity index (χ0n) is 17.5. The standard InChI is InChI=1S/C26H24F2N2O2/c27-23-11-9-20(10-12-23)26(32)30-16-21(19-6-2-1-3-7-19)14-22(17-30)25(31)29-15-18-5-4-8-24(28)13-18/h1-13,21-22H,14-17H2,(H,29,31)/t21-,22+/m0/s1. The molecule has 0 aliphatic carbocycles. The summed E-state index contributed by atoms with van der Waals surface area (Å²) in [6.07, 6.45) is 0.603. The Kier molecular flexibility index (Phi) is 6.59. The highest BCUT2D eigenvalue weighted by Gasteiger charge is 2.34. The lowest BCUT2D eigenvalue weighted by Crippen LogP contribution is -2.48. The number of likely N-dealkylation sites (tertiary alicyclic amines) is 1. The van der Waals surface area contributed by atoms with Crippen LogP contribution in [0.25, 0.3) is 0 Å². The fourth-order valence-corrected chi connectivity index (χ4v) is 4.18. The molecular weight excluding hydrogens is 410 g/mol. The number of nitrogens with one attached hydrogen (secondary N) is 1. The van der Waals surface area contributed by atoms with Gasteiger partial charge in [-0.2, -0.15) is 0 Å². The minimum atomic E-state index is -0.410. The van der Waals surface area contributed by atoms with Gasteiger partial charge in [-0.1, -0.05) is 42.5 Å². The van der Waals surface area contributed by atoms with Crippen molar-refractivity contribution in [2.45, 2.75) is 18.9 Å². The van der Waals surface area contributed by atoms with Gasteiger partial charge in [-0.05, 0) is 53.9 Å². The minimum absolute atomic E-state index is 0.000678. The summed E-state index contributed by atoms with van der Waals surface area (Å²) in [6, 6.07) is 21.3. The summed E-state index contributed by atoms with van der Waals surface area (Å²) >= 11 is 0. The Morgan fingerprint density at radius 2 is 1.62 bits per heavy atom. The Morgan fingerprint density at radius 1 is 0.875 bits per heavy atom. The van der Waals surface area contributed by atoms with Crippen LogP contribution >= 0.6 is 0 Å². The third-order valence-electron chi connectivity index (χ3n) is 5.83. The molecule has 4 rings (SSSR count). The average Bonchev–Trinajstić information content (AvgIpc) is 2.83. The lowest BCUT2D eigenvalue weighted by Gasteiger charge is -2.37. The van der Waals surface area contributed by atoms with Crippen LogP contribution in [0.2, 0.25) is 0 Å². The Hall–Kier alpha value is -3.54. The number of nitrogens with zero attached hydrogens (tertiary/aromatic N) is 1. The topological polar surface area (TPSA) is 49.4 Å². The van der Waals surface area contributed by atoms with Crippen LogP contribution in [0, 0.1) is 17.6 Å². The van der Waals surface area contributed by atoms with Crippen LogP contribution in [0.5, 0.6) is 0 Å². The second-order valence-corrected chi connectivity index (χ2v) is 8.10. The van der Waals surface area contributed by atoms with Crippen molar-refractivity contribution < 1.29 is 18.4 Å². The molecule has 3 aromatic rings. The van der Waals surface area contributed by atoms with E-state index in [1.54, 1.807) is 17.0 Å². The van der Waals surface area contributed by atoms with Crippen molar-refractivity contribution in [3.05, 3.63) is 107 Å². The van der Waals surface area contributed by atoms with Crippen molar-refractivity contribution >= 4 is 11.8 Å². The Labute approximate surface area is 185 Å². The number of rotatable bonds is 5. The molecule has 3 aromatic carbocycles. The average molecular weight is 434 g/mol. The van der Waals surface area contributed by atoms with Crippen molar-refractivity contribution in [3.8, 4) is 0 Å². The van der Waals surface area contributed by atoms with E-state index in [1.165, 1.54) is 36.4 Å². The summed E-state index contributed by atoms with van der Waals surface area (Å²) in [4.78, 5) is 27.8. The van der Waals surface area contributed by atoms with E-state index in [2.05, 4.69) is 5.32 Å². The highest BCUT2D eigenvalue weighted by molar-refractivity contribution is 5.94. The Morgan fingerprint density at radius 3 is 2.34 bits per heavy atom. The predicted molar refractivity (Wildman–Crippen MR) is 118 cm³/mol. The van der Waals surface area contributed by atoms with Crippen molar-refractivity contribution in [1.82, 2.24) is 10.2 Å². The van der Waals surface area contributed by atoms with Crippen LogP contribution in [0.15, 0.2) is 78.9 Å². The summed E-state index contributed by atoms with van der Waals surface area (Å²) < 4.78 is 26.7. The smallest absolute Gasteiger partial charge is 0.253 e. The molecule has 1 N–H and O–H groups in total. The summed E-state index contributed by atoms with van der Waals surface area (Å²) in [5.41, 5.74) is 2.12. The van der Waals surface area contributed by atoms with E-state index in [0.717, 1.165) is 5.56 Å². The second-order valence-electron chi connectivity index (χ2n) is 8.10. The minimum Gasteiger partial charge on any atom is -0.352 e. The van der Waals surface area contributed by atoms with Crippen LogP contribution < -0.4 is 5.32 Å². The number of halogens is 2. The van der Waals surface area contributed by atoms with Crippen LogP contribution in [0.4, 0.5) is 8.78 Å². The molecule has 0 aromatic heterocycles. The zero-order valence-corrected chi connectivity index (χ0v) is 17.5. The van der Waals surface area contributed by atoms with Crippen LogP contribution in [0.1, 0.15) is 33.8 Å². The molecule has 2 atom stereocenters. The number of carbonyl (C=O) groups excluding carboxylic acids is 2. The first-order valence-electron chi connectivity index (χ1n) is 10.6. The van der Waals surface area contributed by atoms with E-state index in [-0.39, 0.29) is 36.6 Å². The maximum absolute atomic E-state index is 13.4. The first kappa shape index (κ1) is 21.7. The summed E-state index contributed by atoms with van der Waals surface area (Å²) in [5.74, 6) is -1.57. The molecule has 1 fully saturated rings. The van der Waals surface area contributed by atoms with Gasteiger partial charge in [0, 0.05) is 31.1 Å². The van der Waals surface area contributed by atoms with Gasteiger partial charge in [-0.15, -0.1) is 0 Å². The van der Waals surface area contributed by atoms with Gasteiger partial charge in [0.1, 0.15) is 11.6 Å². The van der Waals surface area contributed by atoms with Crippen LogP contribution in [-0.4, -0.2) is 29.8 Å². The largest absolute Gasteiger partial charge is 0.352 e. The quantitative estimate of drug-likeness (QED) is 0.642. The van der Waals surface area contributed by atoms with Gasteiger partial charge in [0.05, 0.1) is 5.92 Å². The fraction of sp³-hybridized carbons (Fsp3) is 0.231. The Balaban J connectivity index is 1.51. The molecule has 1 heterocycles. The van der Waals surface area contributed by atoms with Crippen molar-refractivity contribution in [2.24, 2.45) is 5.92 Å². The molecule has 1 aliphatic rings. The number of amides is 2. The fourth-order valence-electron chi connectivity index (χ4n) is 4.18. The van der Waals surface area contributed by atoms with Gasteiger partial charge in [-0.3, -0.25) is 9.59 Å². The summed E-state index contributed by atoms with van der Waals surface area (Å²) in [6.45, 7) is 0.970. The van der Waals surface area contributed by atoms with Gasteiger partial charge >= 0.3 is 0 Å². The molecule has 1 aliphatic heterocycles. The molecule has 4 nitrogen and oxygen atoms in total. The van der Waals surface area contributed by atoms with E-state index < -0.39 is 11.7 Å². The molecule has 6 heteroatoms. The monoisotopic (exact) mass is 434 g/mol. The van der Waals surface area contributed by atoms with Gasteiger partial charge in [0.25, 0.3) is 5.91 Å². The van der Waals surface area contributed by atoms with Crippen LogP contribution in [0.3, 0.4) is 0 Å². The highest BCUT2D eigenvalue weighted by Crippen LogP contribution is 2.31. The first-order chi connectivity index (χ1) is 15.5. The SMILES string of the molecule is O=C(NCc1cccc(F)c1)[C@@H]1C[C@H](c2ccccc2)CN(C(=O)c2ccc(F)cc2)C1. The van der Waals surface area contributed by atoms with E-state index in [4.69, 9.17) is 0 Å². The molecule has 0 radical (unpaired) electrons. The molecule has 0 bridgehead atoms. The predicted octanol–water partition coefficient (Wildman–Crippen LogP) is 4.53. The molecule has 0 spiro atoms. The molecule has 32 heavy (non-hydrogen) atoms. The van der Waals surface area contributed by atoms with E-state index in [1.807, 2.05) is 30.3 Å². The second kappa shape index (κ2) is 9.73. The summed E-state index contributed by atoms with van der Waals surface area (Å²) in [7, 11) is 0. The van der Waals surface area contributed by atoms with Crippen molar-refractivity contribution in [1.29, 1.82) is 0 Å². The molecule has 0 unspecified atom stereocenters. The van der Waals surface area contributed by atoms with E-state index in [0.29, 0.717) is 24.1 Å². The number of carbonyl (C=O) groups is 2. The van der Waals surface area contributed by atoms with Gasteiger partial charge in [0.2, 0.25) is 5.91 Å². The Bertz CT molecular complexity index is 1090. The maximum Gasteiger partial charge on any atom is 0.253 e. The molecule has 1 saturated heterocycles. The molecule has 164 valence electrons. The molecule has 0 saturated carbocycles. The third-order valence-corrected chi connectivity index (χ3v) is 5.83. The summed E-state index contributed by atoms with van der Waals surface area (Å²) in [5, 5.41) is 2.88. The van der Waals surface area contributed by atoms with Gasteiger partial charge < -0.3 is 10.2 Å². The first-order valence-corrected chi connectivity index (χ1v) is 10.6. The highest BCUT2D eigenvalue weighted by atomic mass is 19.1. The lowest BCUT2D eigenvalue weighted by molar-refractivity contribution is -0.126. The van der Waals surface area contributed by atoms with E-state index in [9.17, 15) is 18.4 Å². The number of hydrogen-bond acceptors (Lipinski definition) is 2. The van der Waals surface area contributed by atoms with Gasteiger partial charge in [0.15, 0.2) is 0 Å². The van der Waals surface area contributed by atoms with Gasteiger partial charge in [-0.25, -0.2) is 8.78 Å². The molecular formula is C26H24F2N2O2. The van der Waals surface area contributed by atoms with E-state index >= 15 is 0 Å². The van der Waals surface area contributed by atoms with Crippen LogP contribution in [-0.2, 0) is 11.3 Å². The maximum atomic E-state index is 13.4. The lowest BCUT2D eigenvalue weighted by atomic mass is 9.83. The van der Waals surface area contributed by atoms with Crippen molar-refractivity contribution in [3.63, 3.8) is 0 Å². The zero-order chi connectivity index (χ0) is 22.5. The van der Waals surface area contributed by atoms with Crippen molar-refractivity contribution in [2.75, 3.05) is 13.1 Å². The number of benzene rings is 3.